The van der Waals surface area contributed by atoms with Gasteiger partial charge in [0.25, 0.3) is 0 Å². The van der Waals surface area contributed by atoms with Crippen LogP contribution in [-0.4, -0.2) is 13.6 Å². The Hall–Kier alpha value is -2.12. The second-order valence-electron chi connectivity index (χ2n) is 8.32. The van der Waals surface area contributed by atoms with Gasteiger partial charge in [-0.2, -0.15) is 0 Å². The molecule has 3 rings (SSSR count). The Labute approximate surface area is 152 Å². The highest BCUT2D eigenvalue weighted by Gasteiger charge is 2.25. The Morgan fingerprint density at radius 3 is 2.08 bits per heavy atom. The van der Waals surface area contributed by atoms with Gasteiger partial charge in [-0.3, -0.25) is 4.48 Å². The van der Waals surface area contributed by atoms with Crippen LogP contribution in [0.3, 0.4) is 0 Å². The molecule has 0 saturated heterocycles. The van der Waals surface area contributed by atoms with Gasteiger partial charge in [-0.05, 0) is 35.4 Å². The SMILES string of the molecule is CC[N+](C)(Cc1ccc(C(C)(C)C)cc1)c1cccc2ccccc12. The Bertz CT molecular complexity index is 850. The summed E-state index contributed by atoms with van der Waals surface area (Å²) in [7, 11) is 2.35. The summed E-state index contributed by atoms with van der Waals surface area (Å²) in [5, 5.41) is 2.68. The number of fused-ring (bicyclic) bond motifs is 1. The summed E-state index contributed by atoms with van der Waals surface area (Å²) < 4.78 is 0.913. The van der Waals surface area contributed by atoms with E-state index in [1.807, 2.05) is 0 Å². The minimum atomic E-state index is 0.205. The minimum Gasteiger partial charge on any atom is -0.289 e. The summed E-state index contributed by atoms with van der Waals surface area (Å²) >= 11 is 0. The van der Waals surface area contributed by atoms with E-state index < -0.39 is 0 Å². The van der Waals surface area contributed by atoms with Gasteiger partial charge in [-0.1, -0.05) is 75.4 Å². The lowest BCUT2D eigenvalue weighted by molar-refractivity contribution is 0.341. The molecule has 0 spiro atoms. The van der Waals surface area contributed by atoms with Crippen molar-refractivity contribution < 1.29 is 0 Å². The van der Waals surface area contributed by atoms with Crippen LogP contribution < -0.4 is 4.48 Å². The first kappa shape index (κ1) is 17.7. The predicted molar refractivity (Wildman–Crippen MR) is 111 cm³/mol. The summed E-state index contributed by atoms with van der Waals surface area (Å²) in [4.78, 5) is 0. The second kappa shape index (κ2) is 6.65. The van der Waals surface area contributed by atoms with Crippen molar-refractivity contribution in [3.63, 3.8) is 0 Å². The predicted octanol–water partition coefficient (Wildman–Crippen LogP) is 6.29. The van der Waals surface area contributed by atoms with Gasteiger partial charge in [-0.25, -0.2) is 0 Å². The first-order chi connectivity index (χ1) is 11.8. The molecule has 1 unspecified atom stereocenters. The summed E-state index contributed by atoms with van der Waals surface area (Å²) in [6.45, 7) is 11.2. The molecule has 0 aliphatic rings. The molecule has 0 heterocycles. The van der Waals surface area contributed by atoms with Crippen molar-refractivity contribution in [3.8, 4) is 0 Å². The lowest BCUT2D eigenvalue weighted by atomic mass is 9.86. The molecule has 3 aromatic rings. The maximum Gasteiger partial charge on any atom is 0.140 e. The normalized spacial score (nSPS) is 14.4. The zero-order chi connectivity index (χ0) is 18.1. The molecule has 1 atom stereocenters. The quantitative estimate of drug-likeness (QED) is 0.492. The third-order valence-corrected chi connectivity index (χ3v) is 5.40. The van der Waals surface area contributed by atoms with Crippen molar-refractivity contribution in [3.05, 3.63) is 77.9 Å². The summed E-state index contributed by atoms with van der Waals surface area (Å²) in [5.74, 6) is 0. The molecule has 0 saturated carbocycles. The monoisotopic (exact) mass is 332 g/mol. The molecular weight excluding hydrogens is 302 g/mol. The fourth-order valence-corrected chi connectivity index (χ4v) is 3.56. The third kappa shape index (κ3) is 3.62. The molecule has 0 N–H and O–H groups in total. The van der Waals surface area contributed by atoms with Crippen molar-refractivity contribution in [1.29, 1.82) is 0 Å². The first-order valence-electron chi connectivity index (χ1n) is 9.26. The maximum absolute atomic E-state index is 2.35. The molecular formula is C24H30N+. The zero-order valence-corrected chi connectivity index (χ0v) is 16.2. The molecule has 0 aliphatic heterocycles. The highest BCUT2D eigenvalue weighted by Crippen LogP contribution is 2.32. The molecule has 130 valence electrons. The fourth-order valence-electron chi connectivity index (χ4n) is 3.56. The average Bonchev–Trinajstić information content (AvgIpc) is 2.61. The molecule has 1 heteroatoms. The van der Waals surface area contributed by atoms with Crippen molar-refractivity contribution in [2.45, 2.75) is 39.7 Å². The van der Waals surface area contributed by atoms with E-state index in [0.29, 0.717) is 0 Å². The summed E-state index contributed by atoms with van der Waals surface area (Å²) in [5.41, 5.74) is 4.40. The largest absolute Gasteiger partial charge is 0.289 e. The van der Waals surface area contributed by atoms with E-state index >= 15 is 0 Å². The maximum atomic E-state index is 2.35. The second-order valence-corrected chi connectivity index (χ2v) is 8.32. The molecule has 1 nitrogen and oxygen atoms in total. The van der Waals surface area contributed by atoms with Crippen LogP contribution >= 0.6 is 0 Å². The van der Waals surface area contributed by atoms with E-state index in [1.54, 1.807) is 0 Å². The van der Waals surface area contributed by atoms with Crippen molar-refractivity contribution in [2.75, 3.05) is 13.6 Å². The van der Waals surface area contributed by atoms with Crippen LogP contribution in [0, 0.1) is 0 Å². The van der Waals surface area contributed by atoms with Crippen LogP contribution in [0.2, 0.25) is 0 Å². The van der Waals surface area contributed by atoms with Crippen molar-refractivity contribution >= 4 is 16.5 Å². The average molecular weight is 333 g/mol. The number of benzene rings is 3. The summed E-state index contributed by atoms with van der Waals surface area (Å²) in [6, 6.07) is 24.6. The molecule has 0 aliphatic carbocycles. The Kier molecular flexibility index (Phi) is 4.71. The molecule has 3 aromatic carbocycles. The Morgan fingerprint density at radius 2 is 1.44 bits per heavy atom. The third-order valence-electron chi connectivity index (χ3n) is 5.40. The fraction of sp³-hybridized carbons (Fsp3) is 0.333. The number of nitrogens with zero attached hydrogens (tertiary/aromatic N) is 1. The van der Waals surface area contributed by atoms with E-state index in [1.165, 1.54) is 27.6 Å². The van der Waals surface area contributed by atoms with E-state index in [-0.39, 0.29) is 5.41 Å². The van der Waals surface area contributed by atoms with E-state index in [9.17, 15) is 0 Å². The van der Waals surface area contributed by atoms with Gasteiger partial charge in [-0.15, -0.1) is 0 Å². The van der Waals surface area contributed by atoms with Crippen LogP contribution in [0.1, 0.15) is 38.8 Å². The molecule has 0 bridgehead atoms. The molecule has 0 amide bonds. The van der Waals surface area contributed by atoms with Crippen molar-refractivity contribution in [1.82, 2.24) is 4.48 Å². The molecule has 0 aromatic heterocycles. The highest BCUT2D eigenvalue weighted by atomic mass is 15.3. The highest BCUT2D eigenvalue weighted by molar-refractivity contribution is 5.93. The molecule has 0 radical (unpaired) electrons. The van der Waals surface area contributed by atoms with Crippen LogP contribution in [0.25, 0.3) is 10.8 Å². The standard InChI is InChI=1S/C24H30N/c1-6-25(5,18-19-14-16-21(17-15-19)24(2,3)4)23-13-9-11-20-10-7-8-12-22(20)23/h7-17H,6,18H2,1-5H3/q+1. The zero-order valence-electron chi connectivity index (χ0n) is 16.2. The number of quaternary nitrogens is 1. The first-order valence-corrected chi connectivity index (χ1v) is 9.26. The number of hydrogen-bond donors (Lipinski definition) is 0. The van der Waals surface area contributed by atoms with E-state index in [2.05, 4.69) is 101 Å². The van der Waals surface area contributed by atoms with Gasteiger partial charge < -0.3 is 0 Å². The lowest BCUT2D eigenvalue weighted by Crippen LogP contribution is -2.44. The van der Waals surface area contributed by atoms with Gasteiger partial charge in [0, 0.05) is 10.9 Å². The van der Waals surface area contributed by atoms with E-state index in [4.69, 9.17) is 0 Å². The van der Waals surface area contributed by atoms with Crippen LogP contribution in [-0.2, 0) is 12.0 Å². The Morgan fingerprint density at radius 1 is 0.800 bits per heavy atom. The van der Waals surface area contributed by atoms with Crippen LogP contribution in [0.4, 0.5) is 5.69 Å². The molecule has 25 heavy (non-hydrogen) atoms. The topological polar surface area (TPSA) is 0 Å². The molecule has 0 fully saturated rings. The van der Waals surface area contributed by atoms with Gasteiger partial charge in [0.2, 0.25) is 0 Å². The lowest BCUT2D eigenvalue weighted by Gasteiger charge is -2.34. The number of rotatable bonds is 4. The van der Waals surface area contributed by atoms with Gasteiger partial charge >= 0.3 is 0 Å². The van der Waals surface area contributed by atoms with E-state index in [0.717, 1.165) is 17.6 Å². The Balaban J connectivity index is 1.98. The van der Waals surface area contributed by atoms with Crippen LogP contribution in [0.5, 0.6) is 0 Å². The van der Waals surface area contributed by atoms with Gasteiger partial charge in [0.05, 0.1) is 13.6 Å². The van der Waals surface area contributed by atoms with Gasteiger partial charge in [0.1, 0.15) is 12.2 Å². The van der Waals surface area contributed by atoms with Crippen LogP contribution in [0.15, 0.2) is 66.7 Å². The smallest absolute Gasteiger partial charge is 0.140 e. The minimum absolute atomic E-state index is 0.205. The summed E-state index contributed by atoms with van der Waals surface area (Å²) in [6.07, 6.45) is 0. The van der Waals surface area contributed by atoms with Crippen molar-refractivity contribution in [2.24, 2.45) is 0 Å². The van der Waals surface area contributed by atoms with Gasteiger partial charge in [0.15, 0.2) is 0 Å². The number of hydrogen-bond acceptors (Lipinski definition) is 0.